The quantitative estimate of drug-likeness (QED) is 0.743. The molecule has 1 fully saturated rings. The number of sulfonamides is 1. The minimum atomic E-state index is -3.43. The molecule has 0 bridgehead atoms. The fourth-order valence-electron chi connectivity index (χ4n) is 2.91. The first-order chi connectivity index (χ1) is 12.0. The van der Waals surface area contributed by atoms with Crippen molar-refractivity contribution in [2.24, 2.45) is 0 Å². The molecule has 6 nitrogen and oxygen atoms in total. The van der Waals surface area contributed by atoms with Crippen molar-refractivity contribution in [1.29, 1.82) is 0 Å². The van der Waals surface area contributed by atoms with E-state index in [-0.39, 0.29) is 5.91 Å². The molecule has 25 heavy (non-hydrogen) atoms. The highest BCUT2D eigenvalue weighted by molar-refractivity contribution is 7.89. The molecule has 1 N–H and O–H groups in total. The van der Waals surface area contributed by atoms with Crippen molar-refractivity contribution in [3.8, 4) is 0 Å². The van der Waals surface area contributed by atoms with Gasteiger partial charge in [0.15, 0.2) is 5.13 Å². The maximum atomic E-state index is 12.6. The van der Waals surface area contributed by atoms with Gasteiger partial charge in [0.25, 0.3) is 0 Å². The molecular formula is C17H23N3O3S2. The Labute approximate surface area is 152 Å². The van der Waals surface area contributed by atoms with Crippen molar-refractivity contribution in [3.63, 3.8) is 0 Å². The Kier molecular flexibility index (Phi) is 5.71. The molecule has 1 aromatic heterocycles. The second kappa shape index (κ2) is 7.80. The summed E-state index contributed by atoms with van der Waals surface area (Å²) in [6.45, 7) is 3.27. The lowest BCUT2D eigenvalue weighted by atomic mass is 10.2. The fourth-order valence-corrected chi connectivity index (χ4v) is 5.45. The zero-order valence-electron chi connectivity index (χ0n) is 14.3. The normalized spacial score (nSPS) is 15.7. The van der Waals surface area contributed by atoms with Crippen LogP contribution in [0.2, 0.25) is 0 Å². The molecule has 1 aliphatic rings. The number of carbonyl (C=O) groups excluding carboxylic acids is 1. The molecule has 0 unspecified atom stereocenters. The van der Waals surface area contributed by atoms with Crippen LogP contribution in [0, 0.1) is 0 Å². The van der Waals surface area contributed by atoms with E-state index in [9.17, 15) is 13.2 Å². The first kappa shape index (κ1) is 18.3. The van der Waals surface area contributed by atoms with Crippen molar-refractivity contribution in [3.05, 3.63) is 18.2 Å². The van der Waals surface area contributed by atoms with Crippen LogP contribution in [0.5, 0.6) is 0 Å². The molecule has 0 aliphatic carbocycles. The Hall–Kier alpha value is -1.51. The van der Waals surface area contributed by atoms with E-state index < -0.39 is 10.0 Å². The number of anilines is 1. The van der Waals surface area contributed by atoms with E-state index in [1.54, 1.807) is 18.2 Å². The van der Waals surface area contributed by atoms with E-state index in [0.29, 0.717) is 35.1 Å². The van der Waals surface area contributed by atoms with Crippen LogP contribution in [0.3, 0.4) is 0 Å². The average molecular weight is 382 g/mol. The Morgan fingerprint density at radius 1 is 1.28 bits per heavy atom. The van der Waals surface area contributed by atoms with Crippen molar-refractivity contribution in [2.75, 3.05) is 18.4 Å². The highest BCUT2D eigenvalue weighted by Crippen LogP contribution is 2.30. The fraction of sp³-hybridized carbons (Fsp3) is 0.529. The molecule has 1 amide bonds. The van der Waals surface area contributed by atoms with E-state index in [1.807, 2.05) is 0 Å². The Bertz CT molecular complexity index is 855. The molecule has 1 aliphatic heterocycles. The lowest BCUT2D eigenvalue weighted by molar-refractivity contribution is -0.116. The maximum Gasteiger partial charge on any atom is 0.243 e. The van der Waals surface area contributed by atoms with Crippen LogP contribution in [-0.2, 0) is 14.8 Å². The summed E-state index contributed by atoms with van der Waals surface area (Å²) in [5.41, 5.74) is 0.703. The number of nitrogens with one attached hydrogen (secondary N) is 1. The van der Waals surface area contributed by atoms with Gasteiger partial charge in [-0.1, -0.05) is 31.1 Å². The van der Waals surface area contributed by atoms with E-state index in [2.05, 4.69) is 17.2 Å². The van der Waals surface area contributed by atoms with Gasteiger partial charge in [-0.2, -0.15) is 4.31 Å². The van der Waals surface area contributed by atoms with Gasteiger partial charge in [-0.3, -0.25) is 4.79 Å². The molecule has 1 saturated heterocycles. The van der Waals surface area contributed by atoms with Crippen molar-refractivity contribution in [2.45, 2.75) is 50.3 Å². The summed E-state index contributed by atoms with van der Waals surface area (Å²) < 4.78 is 27.6. The van der Waals surface area contributed by atoms with Crippen LogP contribution in [-0.4, -0.2) is 36.7 Å². The lowest BCUT2D eigenvalue weighted by Crippen LogP contribution is -2.27. The summed E-state index contributed by atoms with van der Waals surface area (Å²) >= 11 is 1.31. The van der Waals surface area contributed by atoms with Gasteiger partial charge < -0.3 is 5.32 Å². The molecule has 1 aromatic carbocycles. The monoisotopic (exact) mass is 381 g/mol. The molecule has 0 spiro atoms. The summed E-state index contributed by atoms with van der Waals surface area (Å²) in [6, 6.07) is 4.97. The van der Waals surface area contributed by atoms with Gasteiger partial charge >= 0.3 is 0 Å². The number of fused-ring (bicyclic) bond motifs is 1. The van der Waals surface area contributed by atoms with Gasteiger partial charge in [-0.25, -0.2) is 13.4 Å². The third kappa shape index (κ3) is 4.19. The van der Waals surface area contributed by atoms with Gasteiger partial charge in [0, 0.05) is 19.5 Å². The molecule has 136 valence electrons. The summed E-state index contributed by atoms with van der Waals surface area (Å²) in [5, 5.41) is 3.33. The van der Waals surface area contributed by atoms with E-state index in [4.69, 9.17) is 0 Å². The second-order valence-corrected chi connectivity index (χ2v) is 9.23. The average Bonchev–Trinajstić information content (AvgIpc) is 3.23. The number of nitrogens with zero attached hydrogens (tertiary/aromatic N) is 2. The molecule has 0 atom stereocenters. The topological polar surface area (TPSA) is 79.4 Å². The predicted molar refractivity (Wildman–Crippen MR) is 100 cm³/mol. The zero-order valence-corrected chi connectivity index (χ0v) is 16.0. The molecular weight excluding hydrogens is 358 g/mol. The van der Waals surface area contributed by atoms with Gasteiger partial charge in [0.05, 0.1) is 15.1 Å². The third-order valence-corrected chi connectivity index (χ3v) is 7.14. The highest BCUT2D eigenvalue weighted by atomic mass is 32.2. The van der Waals surface area contributed by atoms with Gasteiger partial charge in [0.2, 0.25) is 15.9 Å². The second-order valence-electron chi connectivity index (χ2n) is 6.27. The third-order valence-electron chi connectivity index (χ3n) is 4.32. The zero-order chi connectivity index (χ0) is 17.9. The Morgan fingerprint density at radius 3 is 2.76 bits per heavy atom. The van der Waals surface area contributed by atoms with Crippen LogP contribution in [0.4, 0.5) is 5.13 Å². The standard InChI is InChI=1S/C17H23N3O3S2/c1-2-3-4-7-16(21)19-17-18-14-9-8-13(12-15(14)24-17)25(22,23)20-10-5-6-11-20/h8-9,12H,2-7,10-11H2,1H3,(H,18,19,21). The first-order valence-electron chi connectivity index (χ1n) is 8.71. The van der Waals surface area contributed by atoms with Gasteiger partial charge in [-0.05, 0) is 37.5 Å². The minimum absolute atomic E-state index is 0.0441. The van der Waals surface area contributed by atoms with Crippen LogP contribution in [0.15, 0.2) is 23.1 Å². The lowest BCUT2D eigenvalue weighted by Gasteiger charge is -2.15. The molecule has 3 rings (SSSR count). The summed E-state index contributed by atoms with van der Waals surface area (Å²) in [4.78, 5) is 16.6. The number of aromatic nitrogens is 1. The number of benzene rings is 1. The predicted octanol–water partition coefficient (Wildman–Crippen LogP) is 3.60. The first-order valence-corrected chi connectivity index (χ1v) is 11.0. The van der Waals surface area contributed by atoms with Gasteiger partial charge in [0.1, 0.15) is 0 Å². The van der Waals surface area contributed by atoms with Crippen molar-refractivity contribution >= 4 is 42.6 Å². The maximum absolute atomic E-state index is 12.6. The van der Waals surface area contributed by atoms with E-state index >= 15 is 0 Å². The number of amides is 1. The SMILES string of the molecule is CCCCCC(=O)Nc1nc2ccc(S(=O)(=O)N3CCCC3)cc2s1. The molecule has 0 radical (unpaired) electrons. The molecule has 0 saturated carbocycles. The Morgan fingerprint density at radius 2 is 2.04 bits per heavy atom. The minimum Gasteiger partial charge on any atom is -0.302 e. The molecule has 2 aromatic rings. The number of carbonyl (C=O) groups is 1. The van der Waals surface area contributed by atoms with E-state index in [0.717, 1.165) is 36.8 Å². The number of rotatable bonds is 7. The van der Waals surface area contributed by atoms with Crippen LogP contribution in [0.25, 0.3) is 10.2 Å². The number of unbranched alkanes of at least 4 members (excludes halogenated alkanes) is 2. The van der Waals surface area contributed by atoms with Gasteiger partial charge in [-0.15, -0.1) is 0 Å². The summed E-state index contributed by atoms with van der Waals surface area (Å²) in [6.07, 6.45) is 5.28. The smallest absolute Gasteiger partial charge is 0.243 e. The van der Waals surface area contributed by atoms with Crippen LogP contribution in [0.1, 0.15) is 45.4 Å². The highest BCUT2D eigenvalue weighted by Gasteiger charge is 2.27. The Balaban J connectivity index is 1.76. The molecule has 2 heterocycles. The van der Waals surface area contributed by atoms with Crippen LogP contribution < -0.4 is 5.32 Å². The summed E-state index contributed by atoms with van der Waals surface area (Å²) in [7, 11) is -3.43. The van der Waals surface area contributed by atoms with Crippen molar-refractivity contribution in [1.82, 2.24) is 9.29 Å². The number of hydrogen-bond acceptors (Lipinski definition) is 5. The number of thiazole rings is 1. The number of hydrogen-bond donors (Lipinski definition) is 1. The molecule has 8 heteroatoms. The largest absolute Gasteiger partial charge is 0.302 e. The van der Waals surface area contributed by atoms with E-state index in [1.165, 1.54) is 15.6 Å². The summed E-state index contributed by atoms with van der Waals surface area (Å²) in [5.74, 6) is -0.0441. The van der Waals surface area contributed by atoms with Crippen LogP contribution >= 0.6 is 11.3 Å². The van der Waals surface area contributed by atoms with Crippen molar-refractivity contribution < 1.29 is 13.2 Å².